The van der Waals surface area contributed by atoms with Crippen LogP contribution < -0.4 is 10.6 Å². The zero-order valence-corrected chi connectivity index (χ0v) is 10.8. The normalized spacial score (nSPS) is 10.9. The first-order valence-corrected chi connectivity index (χ1v) is 5.43. The smallest absolute Gasteiger partial charge is 0.358 e. The van der Waals surface area contributed by atoms with Gasteiger partial charge in [0.15, 0.2) is 5.69 Å². The molecule has 3 N–H and O–H groups in total. The van der Waals surface area contributed by atoms with E-state index in [2.05, 4.69) is 20.9 Å². The van der Waals surface area contributed by atoms with E-state index in [4.69, 9.17) is 5.11 Å². The van der Waals surface area contributed by atoms with Crippen LogP contribution in [0.15, 0.2) is 6.20 Å². The van der Waals surface area contributed by atoms with Crippen LogP contribution in [0.4, 0.5) is 4.79 Å². The van der Waals surface area contributed by atoms with E-state index >= 15 is 0 Å². The summed E-state index contributed by atoms with van der Waals surface area (Å²) in [5, 5.41) is 20.1. The standard InChI is InChI=1S/C10H15N5O4/c1-10(2,3)12-9(19)11-7(16)5-15-4-6(8(17)18)13-14-15/h4H,5H2,1-3H3,(H,17,18)(H2,11,12,16,19). The molecule has 0 fully saturated rings. The fourth-order valence-corrected chi connectivity index (χ4v) is 1.16. The van der Waals surface area contributed by atoms with Crippen LogP contribution >= 0.6 is 0 Å². The number of carboxylic acid groups (broad SMARTS) is 1. The molecule has 0 aliphatic heterocycles. The van der Waals surface area contributed by atoms with E-state index in [1.165, 1.54) is 0 Å². The molecule has 1 aromatic heterocycles. The number of hydrogen-bond acceptors (Lipinski definition) is 5. The predicted molar refractivity (Wildman–Crippen MR) is 63.4 cm³/mol. The lowest BCUT2D eigenvalue weighted by atomic mass is 10.1. The van der Waals surface area contributed by atoms with Crippen LogP contribution in [0.2, 0.25) is 0 Å². The molecule has 3 amide bonds. The van der Waals surface area contributed by atoms with E-state index in [1.54, 1.807) is 20.8 Å². The molecular weight excluding hydrogens is 254 g/mol. The molecule has 1 heterocycles. The van der Waals surface area contributed by atoms with Gasteiger partial charge in [-0.15, -0.1) is 5.10 Å². The van der Waals surface area contributed by atoms with Crippen LogP contribution in [-0.4, -0.2) is 43.5 Å². The Morgan fingerprint density at radius 2 is 2.00 bits per heavy atom. The zero-order chi connectivity index (χ0) is 14.6. The fraction of sp³-hybridized carbons (Fsp3) is 0.500. The van der Waals surface area contributed by atoms with Gasteiger partial charge in [-0.05, 0) is 20.8 Å². The van der Waals surface area contributed by atoms with E-state index in [1.807, 2.05) is 0 Å². The van der Waals surface area contributed by atoms with Crippen molar-refractivity contribution in [2.24, 2.45) is 0 Å². The molecule has 9 nitrogen and oxygen atoms in total. The summed E-state index contributed by atoms with van der Waals surface area (Å²) < 4.78 is 1.03. The number of urea groups is 1. The number of amides is 3. The summed E-state index contributed by atoms with van der Waals surface area (Å²) in [5.41, 5.74) is -0.736. The summed E-state index contributed by atoms with van der Waals surface area (Å²) in [6.45, 7) is 5.02. The lowest BCUT2D eigenvalue weighted by molar-refractivity contribution is -0.120. The molecule has 0 saturated heterocycles. The van der Waals surface area contributed by atoms with Gasteiger partial charge in [0, 0.05) is 5.54 Å². The minimum absolute atomic E-state index is 0.271. The minimum Gasteiger partial charge on any atom is -0.476 e. The van der Waals surface area contributed by atoms with Crippen LogP contribution in [0, 0.1) is 0 Å². The first-order chi connectivity index (χ1) is 8.67. The number of nitrogens with zero attached hydrogens (tertiary/aromatic N) is 3. The van der Waals surface area contributed by atoms with Crippen molar-refractivity contribution in [3.8, 4) is 0 Å². The van der Waals surface area contributed by atoms with Gasteiger partial charge in [-0.1, -0.05) is 5.21 Å². The molecule has 104 valence electrons. The third kappa shape index (κ3) is 5.15. The zero-order valence-electron chi connectivity index (χ0n) is 10.8. The van der Waals surface area contributed by atoms with Gasteiger partial charge in [0.25, 0.3) is 0 Å². The first kappa shape index (κ1) is 14.6. The Labute approximate surface area is 109 Å². The van der Waals surface area contributed by atoms with Gasteiger partial charge in [-0.25, -0.2) is 14.3 Å². The Hall–Kier alpha value is -2.45. The molecule has 0 atom stereocenters. The van der Waals surface area contributed by atoms with Crippen molar-refractivity contribution in [2.45, 2.75) is 32.9 Å². The third-order valence-electron chi connectivity index (χ3n) is 1.80. The topological polar surface area (TPSA) is 126 Å². The molecule has 9 heteroatoms. The fourth-order valence-electron chi connectivity index (χ4n) is 1.16. The summed E-state index contributed by atoms with van der Waals surface area (Å²) in [7, 11) is 0. The summed E-state index contributed by atoms with van der Waals surface area (Å²) in [6.07, 6.45) is 1.10. The molecule has 0 radical (unpaired) electrons. The highest BCUT2D eigenvalue weighted by Crippen LogP contribution is 1.97. The maximum atomic E-state index is 11.5. The number of nitrogens with one attached hydrogen (secondary N) is 2. The Kier molecular flexibility index (Phi) is 4.20. The number of rotatable bonds is 3. The average Bonchev–Trinajstić information content (AvgIpc) is 2.62. The Balaban J connectivity index is 2.51. The second-order valence-corrected chi connectivity index (χ2v) is 4.86. The number of aromatic carboxylic acids is 1. The van der Waals surface area contributed by atoms with Crippen LogP contribution in [0.5, 0.6) is 0 Å². The summed E-state index contributed by atoms with van der Waals surface area (Å²) in [5.74, 6) is -1.86. The number of aromatic nitrogens is 3. The molecule has 0 spiro atoms. The van der Waals surface area contributed by atoms with Crippen molar-refractivity contribution < 1.29 is 19.5 Å². The van der Waals surface area contributed by atoms with E-state index in [-0.39, 0.29) is 12.2 Å². The summed E-state index contributed by atoms with van der Waals surface area (Å²) in [4.78, 5) is 33.4. The van der Waals surface area contributed by atoms with Crippen molar-refractivity contribution in [3.63, 3.8) is 0 Å². The van der Waals surface area contributed by atoms with Crippen LogP contribution in [-0.2, 0) is 11.3 Å². The van der Waals surface area contributed by atoms with Crippen LogP contribution in [0.3, 0.4) is 0 Å². The van der Waals surface area contributed by atoms with Crippen LogP contribution in [0.25, 0.3) is 0 Å². The SMILES string of the molecule is CC(C)(C)NC(=O)NC(=O)Cn1cc(C(=O)O)nn1. The van der Waals surface area contributed by atoms with Crippen molar-refractivity contribution in [2.75, 3.05) is 0 Å². The van der Waals surface area contributed by atoms with Gasteiger partial charge < -0.3 is 10.4 Å². The van der Waals surface area contributed by atoms with Crippen molar-refractivity contribution in [1.29, 1.82) is 0 Å². The Morgan fingerprint density at radius 3 is 2.47 bits per heavy atom. The summed E-state index contributed by atoms with van der Waals surface area (Å²) >= 11 is 0. The predicted octanol–water partition coefficient (Wildman–Crippen LogP) is -0.399. The maximum Gasteiger partial charge on any atom is 0.358 e. The monoisotopic (exact) mass is 269 g/mol. The van der Waals surface area contributed by atoms with Crippen LogP contribution in [0.1, 0.15) is 31.3 Å². The Bertz CT molecular complexity index is 502. The molecule has 0 aliphatic carbocycles. The number of carboxylic acids is 1. The molecule has 19 heavy (non-hydrogen) atoms. The lowest BCUT2D eigenvalue weighted by Crippen LogP contribution is -2.48. The number of hydrogen-bond donors (Lipinski definition) is 3. The van der Waals surface area contributed by atoms with Gasteiger partial charge in [0.05, 0.1) is 6.20 Å². The van der Waals surface area contributed by atoms with Gasteiger partial charge in [-0.2, -0.15) is 0 Å². The highest BCUT2D eigenvalue weighted by Gasteiger charge is 2.16. The Morgan fingerprint density at radius 1 is 1.37 bits per heavy atom. The highest BCUT2D eigenvalue weighted by atomic mass is 16.4. The van der Waals surface area contributed by atoms with Gasteiger partial charge >= 0.3 is 12.0 Å². The largest absolute Gasteiger partial charge is 0.476 e. The van der Waals surface area contributed by atoms with E-state index in [0.717, 1.165) is 10.9 Å². The molecule has 0 aliphatic rings. The average molecular weight is 269 g/mol. The molecule has 0 bridgehead atoms. The molecule has 1 aromatic rings. The lowest BCUT2D eigenvalue weighted by Gasteiger charge is -2.20. The number of carbonyl (C=O) groups is 3. The van der Waals surface area contributed by atoms with Gasteiger partial charge in [0.1, 0.15) is 6.54 Å². The van der Waals surface area contributed by atoms with Gasteiger partial charge in [0.2, 0.25) is 5.91 Å². The van der Waals surface area contributed by atoms with E-state index in [0.29, 0.717) is 0 Å². The molecule has 0 aromatic carbocycles. The van der Waals surface area contributed by atoms with Crippen molar-refractivity contribution in [3.05, 3.63) is 11.9 Å². The maximum absolute atomic E-state index is 11.5. The van der Waals surface area contributed by atoms with Crippen molar-refractivity contribution in [1.82, 2.24) is 25.6 Å². The van der Waals surface area contributed by atoms with E-state index < -0.39 is 23.4 Å². The first-order valence-electron chi connectivity index (χ1n) is 5.43. The molecule has 0 unspecified atom stereocenters. The highest BCUT2D eigenvalue weighted by molar-refractivity contribution is 5.94. The number of imide groups is 1. The second-order valence-electron chi connectivity index (χ2n) is 4.86. The third-order valence-corrected chi connectivity index (χ3v) is 1.80. The molecule has 1 rings (SSSR count). The minimum atomic E-state index is -1.24. The summed E-state index contributed by atoms with van der Waals surface area (Å²) in [6, 6.07) is -0.629. The molecule has 0 saturated carbocycles. The number of carbonyl (C=O) groups excluding carboxylic acids is 2. The van der Waals surface area contributed by atoms with Crippen molar-refractivity contribution >= 4 is 17.9 Å². The van der Waals surface area contributed by atoms with Gasteiger partial charge in [-0.3, -0.25) is 10.1 Å². The van der Waals surface area contributed by atoms with E-state index in [9.17, 15) is 14.4 Å². The molecular formula is C10H15N5O4. The second kappa shape index (κ2) is 5.46. The quantitative estimate of drug-likeness (QED) is 0.685.